The summed E-state index contributed by atoms with van der Waals surface area (Å²) in [6.45, 7) is 4.51. The van der Waals surface area contributed by atoms with Crippen LogP contribution in [-0.2, 0) is 32.7 Å². The molecule has 0 amide bonds. The van der Waals surface area contributed by atoms with E-state index in [0.29, 0.717) is 17.4 Å². The molecule has 10 heteroatoms. The van der Waals surface area contributed by atoms with Gasteiger partial charge in [0.2, 0.25) is 0 Å². The lowest BCUT2D eigenvalue weighted by Crippen LogP contribution is -2.37. The van der Waals surface area contributed by atoms with Gasteiger partial charge in [-0.25, -0.2) is 4.57 Å². The molecule has 2 unspecified atom stereocenters. The number of phosphoric ester groups is 1. The van der Waals surface area contributed by atoms with E-state index in [9.17, 15) is 19.0 Å². The number of hydrogen-bond acceptors (Lipinski definition) is 7. The van der Waals surface area contributed by atoms with Gasteiger partial charge < -0.3 is 18.9 Å². The number of phosphoric acid groups is 1. The van der Waals surface area contributed by atoms with E-state index in [0.717, 1.165) is 38.5 Å². The van der Waals surface area contributed by atoms with Gasteiger partial charge >= 0.3 is 19.8 Å². The first-order chi connectivity index (χ1) is 37.0. The minimum absolute atomic E-state index is 0.0364. The molecular formula is C66H131NO8P+. The van der Waals surface area contributed by atoms with Gasteiger partial charge in [0, 0.05) is 12.8 Å². The molecule has 0 bridgehead atoms. The number of nitrogens with zero attached hydrogens (tertiary/aromatic N) is 1. The first kappa shape index (κ1) is 74.8. The van der Waals surface area contributed by atoms with Crippen LogP contribution in [0.2, 0.25) is 0 Å². The van der Waals surface area contributed by atoms with Gasteiger partial charge in [-0.15, -0.1) is 0 Å². The Balaban J connectivity index is 4.02. The number of esters is 2. The average Bonchev–Trinajstić information content (AvgIpc) is 3.38. The molecule has 0 aromatic heterocycles. The summed E-state index contributed by atoms with van der Waals surface area (Å²) in [7, 11) is 1.50. The maximum Gasteiger partial charge on any atom is 0.472 e. The molecule has 0 aromatic carbocycles. The Morgan fingerprint density at radius 1 is 0.395 bits per heavy atom. The van der Waals surface area contributed by atoms with Gasteiger partial charge in [0.1, 0.15) is 19.8 Å². The van der Waals surface area contributed by atoms with Crippen LogP contribution in [0.15, 0.2) is 12.2 Å². The van der Waals surface area contributed by atoms with Crippen molar-refractivity contribution in [3.05, 3.63) is 12.2 Å². The molecule has 9 nitrogen and oxygen atoms in total. The quantitative estimate of drug-likeness (QED) is 0.0211. The lowest BCUT2D eigenvalue weighted by atomic mass is 10.0. The Kier molecular flexibility index (Phi) is 57.4. The third kappa shape index (κ3) is 62.0. The smallest absolute Gasteiger partial charge is 0.462 e. The second kappa shape index (κ2) is 58.4. The first-order valence-corrected chi connectivity index (χ1v) is 34.9. The summed E-state index contributed by atoms with van der Waals surface area (Å²) in [5.41, 5.74) is 0. The first-order valence-electron chi connectivity index (χ1n) is 33.4. The molecule has 0 saturated heterocycles. The van der Waals surface area contributed by atoms with Crippen molar-refractivity contribution < 1.29 is 42.1 Å². The summed E-state index contributed by atoms with van der Waals surface area (Å²) >= 11 is 0. The molecular weight excluding hydrogens is 966 g/mol. The highest BCUT2D eigenvalue weighted by Crippen LogP contribution is 2.43. The maximum atomic E-state index is 12.9. The Bertz CT molecular complexity index is 1290. The van der Waals surface area contributed by atoms with Gasteiger partial charge in [0.15, 0.2) is 6.10 Å². The van der Waals surface area contributed by atoms with E-state index in [1.165, 1.54) is 283 Å². The number of carbonyl (C=O) groups is 2. The number of rotatable bonds is 63. The van der Waals surface area contributed by atoms with E-state index < -0.39 is 26.5 Å². The van der Waals surface area contributed by atoms with E-state index >= 15 is 0 Å². The third-order valence-electron chi connectivity index (χ3n) is 15.3. The maximum absolute atomic E-state index is 12.9. The average molecular weight is 1100 g/mol. The van der Waals surface area contributed by atoms with Crippen LogP contribution >= 0.6 is 7.82 Å². The molecule has 0 aliphatic heterocycles. The molecule has 0 aromatic rings. The largest absolute Gasteiger partial charge is 0.472 e. The van der Waals surface area contributed by atoms with Crippen LogP contribution < -0.4 is 0 Å². The second-order valence-corrected chi connectivity index (χ2v) is 25.7. The highest BCUT2D eigenvalue weighted by molar-refractivity contribution is 7.47. The highest BCUT2D eigenvalue weighted by Gasteiger charge is 2.27. The standard InChI is InChI=1S/C66H130NO8P/c1-6-8-10-12-14-16-18-20-22-24-26-28-30-31-32-33-34-35-37-39-41-43-45-47-49-51-53-55-57-59-66(69)75-64(63-74-76(70,71)73-61-60-67(3,4)5)62-72-65(68)58-56-54-52-50-48-46-44-42-40-38-36-29-27-25-23-21-19-17-15-13-11-9-7-2/h24,26,64H,6-23,25,27-63H2,1-5H3/p+1/b26-24-. The fourth-order valence-electron chi connectivity index (χ4n) is 10.1. The third-order valence-corrected chi connectivity index (χ3v) is 16.3. The van der Waals surface area contributed by atoms with Crippen LogP contribution in [0.5, 0.6) is 0 Å². The van der Waals surface area contributed by atoms with Gasteiger partial charge in [-0.05, 0) is 38.5 Å². The molecule has 1 N–H and O–H groups in total. The number of likely N-dealkylation sites (N-methyl/N-ethyl adjacent to an activating group) is 1. The minimum Gasteiger partial charge on any atom is -0.462 e. The lowest BCUT2D eigenvalue weighted by Gasteiger charge is -2.24. The molecule has 0 aliphatic carbocycles. The van der Waals surface area contributed by atoms with Crippen molar-refractivity contribution in [3.63, 3.8) is 0 Å². The topological polar surface area (TPSA) is 108 Å². The molecule has 0 heterocycles. The zero-order chi connectivity index (χ0) is 55.6. The van der Waals surface area contributed by atoms with Crippen LogP contribution in [0, 0.1) is 0 Å². The zero-order valence-corrected chi connectivity index (χ0v) is 52.4. The van der Waals surface area contributed by atoms with Crippen molar-refractivity contribution in [1.82, 2.24) is 0 Å². The van der Waals surface area contributed by atoms with E-state index in [2.05, 4.69) is 26.0 Å². The Morgan fingerprint density at radius 3 is 0.974 bits per heavy atom. The van der Waals surface area contributed by atoms with Crippen LogP contribution in [0.4, 0.5) is 0 Å². The molecule has 0 rings (SSSR count). The predicted octanol–water partition coefficient (Wildman–Crippen LogP) is 21.2. The molecule has 0 aliphatic rings. The number of quaternary nitrogens is 1. The number of unbranched alkanes of at least 4 members (excludes halogenated alkanes) is 47. The SMILES string of the molecule is CCCCCCCCCC/C=C\CCCCCCCCCCCCCCCCCCCC(=O)OC(COC(=O)CCCCCCCCCCCCCCCCCCCCCCCCC)COP(=O)(O)OCC[N+](C)(C)C. The predicted molar refractivity (Wildman–Crippen MR) is 326 cm³/mol. The van der Waals surface area contributed by atoms with E-state index in [1.807, 2.05) is 21.1 Å². The highest BCUT2D eigenvalue weighted by atomic mass is 31.2. The number of hydrogen-bond donors (Lipinski definition) is 1. The molecule has 0 radical (unpaired) electrons. The van der Waals surface area contributed by atoms with Crippen LogP contribution in [0.25, 0.3) is 0 Å². The Hall–Kier alpha value is -1.25. The van der Waals surface area contributed by atoms with Gasteiger partial charge in [0.25, 0.3) is 0 Å². The summed E-state index contributed by atoms with van der Waals surface area (Å²) < 4.78 is 34.7. The van der Waals surface area contributed by atoms with Crippen molar-refractivity contribution in [2.45, 2.75) is 354 Å². The Labute approximate surface area is 473 Å². The molecule has 2 atom stereocenters. The van der Waals surface area contributed by atoms with E-state index in [1.54, 1.807) is 0 Å². The van der Waals surface area contributed by atoms with Crippen LogP contribution in [-0.4, -0.2) is 74.9 Å². The van der Waals surface area contributed by atoms with Gasteiger partial charge in [-0.2, -0.15) is 0 Å². The normalized spacial score (nSPS) is 13.2. The summed E-state index contributed by atoms with van der Waals surface area (Å²) in [6.07, 6.45) is 70.2. The van der Waals surface area contributed by atoms with Crippen molar-refractivity contribution in [3.8, 4) is 0 Å². The minimum atomic E-state index is -4.38. The number of allylic oxidation sites excluding steroid dienone is 2. The van der Waals surface area contributed by atoms with Crippen molar-refractivity contribution >= 4 is 19.8 Å². The van der Waals surface area contributed by atoms with Crippen LogP contribution in [0.3, 0.4) is 0 Å². The van der Waals surface area contributed by atoms with Gasteiger partial charge in [-0.1, -0.05) is 309 Å². The van der Waals surface area contributed by atoms with Crippen LogP contribution in [0.1, 0.15) is 348 Å². The zero-order valence-electron chi connectivity index (χ0n) is 51.5. The molecule has 0 saturated carbocycles. The fraction of sp³-hybridized carbons (Fsp3) is 0.939. The molecule has 0 spiro atoms. The summed E-state index contributed by atoms with van der Waals surface area (Å²) in [6, 6.07) is 0. The summed E-state index contributed by atoms with van der Waals surface area (Å²) in [5, 5.41) is 0. The fourth-order valence-corrected chi connectivity index (χ4v) is 10.9. The second-order valence-electron chi connectivity index (χ2n) is 24.2. The molecule has 0 fully saturated rings. The summed E-state index contributed by atoms with van der Waals surface area (Å²) in [5.74, 6) is -0.772. The molecule has 76 heavy (non-hydrogen) atoms. The number of carbonyl (C=O) groups excluding carboxylic acids is 2. The van der Waals surface area contributed by atoms with Gasteiger partial charge in [0.05, 0.1) is 27.7 Å². The summed E-state index contributed by atoms with van der Waals surface area (Å²) in [4.78, 5) is 35.8. The molecule has 452 valence electrons. The van der Waals surface area contributed by atoms with Crippen molar-refractivity contribution in [2.75, 3.05) is 47.5 Å². The van der Waals surface area contributed by atoms with Gasteiger partial charge in [-0.3, -0.25) is 18.6 Å². The van der Waals surface area contributed by atoms with E-state index in [-0.39, 0.29) is 25.6 Å². The van der Waals surface area contributed by atoms with Crippen molar-refractivity contribution in [2.24, 2.45) is 0 Å². The number of ether oxygens (including phenoxy) is 2. The lowest BCUT2D eigenvalue weighted by molar-refractivity contribution is -0.870. The monoisotopic (exact) mass is 1100 g/mol. The Morgan fingerprint density at radius 2 is 0.671 bits per heavy atom. The van der Waals surface area contributed by atoms with Crippen molar-refractivity contribution in [1.29, 1.82) is 0 Å². The van der Waals surface area contributed by atoms with E-state index in [4.69, 9.17) is 18.5 Å².